The van der Waals surface area contributed by atoms with E-state index in [1.807, 2.05) is 16.9 Å². The van der Waals surface area contributed by atoms with E-state index in [1.54, 1.807) is 11.1 Å². The third kappa shape index (κ3) is 3.93. The quantitative estimate of drug-likeness (QED) is 0.751. The number of urea groups is 1. The number of hydrogen-bond acceptors (Lipinski definition) is 5. The lowest BCUT2D eigenvalue weighted by atomic mass is 9.95. The molecule has 0 unspecified atom stereocenters. The molecule has 1 saturated heterocycles. The minimum absolute atomic E-state index is 0.0493. The molecule has 10 nitrogen and oxygen atoms in total. The van der Waals surface area contributed by atoms with Crippen molar-refractivity contribution in [3.05, 3.63) is 30.1 Å². The molecule has 1 saturated carbocycles. The standard InChI is InChI=1S/C17H24N8O2/c18-17(27)19-10-15(26)23-8-4-12(5-9-23)16-22-21-14(25(16)13-2-3-13)11-24-7-1-6-20-24/h1,6-7,12-13H,2-5,8-11H2,(H3,18,19,27). The summed E-state index contributed by atoms with van der Waals surface area (Å²) in [4.78, 5) is 24.7. The molecular formula is C17H24N8O2. The van der Waals surface area contributed by atoms with Gasteiger partial charge in [-0.25, -0.2) is 4.79 Å². The highest BCUT2D eigenvalue weighted by Gasteiger charge is 2.34. The van der Waals surface area contributed by atoms with Crippen LogP contribution in [0.4, 0.5) is 4.79 Å². The molecule has 4 rings (SSSR count). The number of rotatable bonds is 6. The minimum Gasteiger partial charge on any atom is -0.352 e. The van der Waals surface area contributed by atoms with E-state index >= 15 is 0 Å². The lowest BCUT2D eigenvalue weighted by molar-refractivity contribution is -0.131. The average molecular weight is 372 g/mol. The molecule has 2 fully saturated rings. The summed E-state index contributed by atoms with van der Waals surface area (Å²) in [5, 5.41) is 15.6. The Balaban J connectivity index is 1.42. The Kier molecular flexibility index (Phi) is 4.78. The van der Waals surface area contributed by atoms with Crippen molar-refractivity contribution in [2.45, 2.75) is 44.2 Å². The zero-order valence-electron chi connectivity index (χ0n) is 15.1. The van der Waals surface area contributed by atoms with Crippen LogP contribution < -0.4 is 11.1 Å². The van der Waals surface area contributed by atoms with Gasteiger partial charge in [-0.05, 0) is 31.7 Å². The van der Waals surface area contributed by atoms with Crippen LogP contribution in [0, 0.1) is 0 Å². The van der Waals surface area contributed by atoms with Crippen molar-refractivity contribution in [3.8, 4) is 0 Å². The number of carbonyl (C=O) groups is 2. The van der Waals surface area contributed by atoms with E-state index < -0.39 is 6.03 Å². The number of piperidine rings is 1. The van der Waals surface area contributed by atoms with Crippen molar-refractivity contribution < 1.29 is 9.59 Å². The molecule has 1 aliphatic carbocycles. The first-order valence-electron chi connectivity index (χ1n) is 9.34. The summed E-state index contributed by atoms with van der Waals surface area (Å²) in [6.45, 7) is 1.87. The van der Waals surface area contributed by atoms with Crippen LogP contribution in [0.2, 0.25) is 0 Å². The zero-order valence-corrected chi connectivity index (χ0v) is 15.1. The molecule has 1 aliphatic heterocycles. The highest BCUT2D eigenvalue weighted by Crippen LogP contribution is 2.39. The van der Waals surface area contributed by atoms with Crippen LogP contribution in [0.25, 0.3) is 0 Å². The van der Waals surface area contributed by atoms with Crippen LogP contribution in [0.1, 0.15) is 49.3 Å². The Hall–Kier alpha value is -2.91. The lowest BCUT2D eigenvalue weighted by Gasteiger charge is -2.31. The van der Waals surface area contributed by atoms with Gasteiger partial charge in [0, 0.05) is 37.4 Å². The molecule has 2 aromatic heterocycles. The van der Waals surface area contributed by atoms with Gasteiger partial charge in [-0.1, -0.05) is 0 Å². The number of nitrogens with one attached hydrogen (secondary N) is 1. The summed E-state index contributed by atoms with van der Waals surface area (Å²) < 4.78 is 4.15. The second-order valence-corrected chi connectivity index (χ2v) is 7.15. The van der Waals surface area contributed by atoms with Crippen LogP contribution in [0.15, 0.2) is 18.5 Å². The molecule has 0 atom stereocenters. The molecule has 0 spiro atoms. The zero-order chi connectivity index (χ0) is 18.8. The molecule has 3 N–H and O–H groups in total. The second kappa shape index (κ2) is 7.37. The normalized spacial score (nSPS) is 17.9. The molecule has 2 aliphatic rings. The highest BCUT2D eigenvalue weighted by atomic mass is 16.2. The highest BCUT2D eigenvalue weighted by molar-refractivity contribution is 5.83. The molecule has 0 bridgehead atoms. The number of nitrogens with two attached hydrogens (primary N) is 1. The van der Waals surface area contributed by atoms with Gasteiger partial charge in [0.1, 0.15) is 12.4 Å². The Morgan fingerprint density at radius 2 is 1.96 bits per heavy atom. The van der Waals surface area contributed by atoms with Crippen molar-refractivity contribution in [2.75, 3.05) is 19.6 Å². The largest absolute Gasteiger partial charge is 0.352 e. The Morgan fingerprint density at radius 1 is 1.19 bits per heavy atom. The number of primary amides is 1. The number of carbonyl (C=O) groups excluding carboxylic acids is 2. The maximum absolute atomic E-state index is 12.1. The monoisotopic (exact) mass is 372 g/mol. The lowest BCUT2D eigenvalue weighted by Crippen LogP contribution is -2.45. The fraction of sp³-hybridized carbons (Fsp3) is 0.588. The number of amides is 3. The van der Waals surface area contributed by atoms with Crippen molar-refractivity contribution in [1.82, 2.24) is 34.8 Å². The molecule has 144 valence electrons. The predicted octanol–water partition coefficient (Wildman–Crippen LogP) is 0.232. The maximum atomic E-state index is 12.1. The summed E-state index contributed by atoms with van der Waals surface area (Å²) in [7, 11) is 0. The van der Waals surface area contributed by atoms with Gasteiger partial charge in [-0.2, -0.15) is 5.10 Å². The molecule has 3 heterocycles. The summed E-state index contributed by atoms with van der Waals surface area (Å²) in [6.07, 6.45) is 7.69. The topological polar surface area (TPSA) is 124 Å². The van der Waals surface area contributed by atoms with Crippen LogP contribution in [0.5, 0.6) is 0 Å². The Bertz CT molecular complexity index is 803. The fourth-order valence-corrected chi connectivity index (χ4v) is 3.65. The number of nitrogens with zero attached hydrogens (tertiary/aromatic N) is 6. The Morgan fingerprint density at radius 3 is 2.59 bits per heavy atom. The van der Waals surface area contributed by atoms with Crippen molar-refractivity contribution in [3.63, 3.8) is 0 Å². The first kappa shape index (κ1) is 17.5. The first-order valence-corrected chi connectivity index (χ1v) is 9.34. The van der Waals surface area contributed by atoms with Gasteiger partial charge in [0.2, 0.25) is 5.91 Å². The van der Waals surface area contributed by atoms with Gasteiger partial charge >= 0.3 is 6.03 Å². The Labute approximate surface area is 156 Å². The molecule has 0 aromatic carbocycles. The second-order valence-electron chi connectivity index (χ2n) is 7.15. The van der Waals surface area contributed by atoms with E-state index in [1.165, 1.54) is 0 Å². The van der Waals surface area contributed by atoms with E-state index in [9.17, 15) is 9.59 Å². The fourth-order valence-electron chi connectivity index (χ4n) is 3.65. The summed E-state index contributed by atoms with van der Waals surface area (Å²) in [5.74, 6) is 2.16. The van der Waals surface area contributed by atoms with Crippen LogP contribution in [-0.2, 0) is 11.3 Å². The molecule has 10 heteroatoms. The van der Waals surface area contributed by atoms with Crippen molar-refractivity contribution in [1.29, 1.82) is 0 Å². The van der Waals surface area contributed by atoms with Crippen LogP contribution >= 0.6 is 0 Å². The smallest absolute Gasteiger partial charge is 0.312 e. The van der Waals surface area contributed by atoms with E-state index in [-0.39, 0.29) is 18.4 Å². The molecule has 27 heavy (non-hydrogen) atoms. The van der Waals surface area contributed by atoms with Gasteiger partial charge < -0.3 is 20.5 Å². The van der Waals surface area contributed by atoms with Gasteiger partial charge in [0.15, 0.2) is 5.82 Å². The van der Waals surface area contributed by atoms with E-state index in [0.717, 1.165) is 37.3 Å². The molecule has 2 aromatic rings. The number of hydrogen-bond donors (Lipinski definition) is 2. The first-order chi connectivity index (χ1) is 13.1. The average Bonchev–Trinajstić information content (AvgIpc) is 3.21. The summed E-state index contributed by atoms with van der Waals surface area (Å²) >= 11 is 0. The van der Waals surface area contributed by atoms with E-state index in [4.69, 9.17) is 5.73 Å². The van der Waals surface area contributed by atoms with Crippen LogP contribution in [0.3, 0.4) is 0 Å². The molecular weight excluding hydrogens is 348 g/mol. The SMILES string of the molecule is NC(=O)NCC(=O)N1CCC(c2nnc(Cn3cccn3)n2C2CC2)CC1. The third-order valence-corrected chi connectivity index (χ3v) is 5.19. The van der Waals surface area contributed by atoms with Gasteiger partial charge in [0.05, 0.1) is 6.54 Å². The molecule has 0 radical (unpaired) electrons. The van der Waals surface area contributed by atoms with Crippen molar-refractivity contribution >= 4 is 11.9 Å². The van der Waals surface area contributed by atoms with Crippen molar-refractivity contribution in [2.24, 2.45) is 5.73 Å². The number of likely N-dealkylation sites (tertiary alicyclic amines) is 1. The summed E-state index contributed by atoms with van der Waals surface area (Å²) in [5.41, 5.74) is 5.02. The third-order valence-electron chi connectivity index (χ3n) is 5.19. The predicted molar refractivity (Wildman–Crippen MR) is 95.8 cm³/mol. The van der Waals surface area contributed by atoms with E-state index in [2.05, 4.69) is 25.2 Å². The minimum atomic E-state index is -0.680. The van der Waals surface area contributed by atoms with Gasteiger partial charge in [-0.3, -0.25) is 9.48 Å². The maximum Gasteiger partial charge on any atom is 0.312 e. The summed E-state index contributed by atoms with van der Waals surface area (Å²) in [6, 6.07) is 1.71. The van der Waals surface area contributed by atoms with E-state index in [0.29, 0.717) is 25.7 Å². The van der Waals surface area contributed by atoms with Gasteiger partial charge in [0.25, 0.3) is 0 Å². The number of aromatic nitrogens is 5. The van der Waals surface area contributed by atoms with Gasteiger partial charge in [-0.15, -0.1) is 10.2 Å². The van der Waals surface area contributed by atoms with Crippen LogP contribution in [-0.4, -0.2) is 61.0 Å². The molecule has 3 amide bonds.